The van der Waals surface area contributed by atoms with Gasteiger partial charge in [0.15, 0.2) is 0 Å². The molecule has 3 nitrogen and oxygen atoms in total. The highest BCUT2D eigenvalue weighted by Gasteiger charge is 2.45. The minimum absolute atomic E-state index is 0.204. The fourth-order valence-corrected chi connectivity index (χ4v) is 4.42. The third kappa shape index (κ3) is 2.27. The standard InChI is InChI=1S/C20H18ClNO2/c21-16-9-5-8-15-18(16)22-17-10-3-4-11-20(15,17)12-13-6-1-2-7-14(13)19(23)24/h1-2,5-9H,3-4,10-12H2,(H,23,24). The zero-order valence-corrected chi connectivity index (χ0v) is 14.0. The highest BCUT2D eigenvalue weighted by molar-refractivity contribution is 6.33. The number of rotatable bonds is 3. The molecular weight excluding hydrogens is 322 g/mol. The van der Waals surface area contributed by atoms with Crippen LogP contribution >= 0.6 is 11.6 Å². The fourth-order valence-electron chi connectivity index (χ4n) is 4.20. The number of hydrogen-bond donors (Lipinski definition) is 1. The summed E-state index contributed by atoms with van der Waals surface area (Å²) in [5.74, 6) is -0.874. The van der Waals surface area contributed by atoms with E-state index < -0.39 is 5.97 Å². The average molecular weight is 340 g/mol. The van der Waals surface area contributed by atoms with E-state index in [2.05, 4.69) is 6.07 Å². The number of nitrogens with zero attached hydrogens (tertiary/aromatic N) is 1. The van der Waals surface area contributed by atoms with Crippen molar-refractivity contribution in [3.05, 3.63) is 64.2 Å². The van der Waals surface area contributed by atoms with Gasteiger partial charge in [0.25, 0.3) is 0 Å². The Labute approximate surface area is 146 Å². The van der Waals surface area contributed by atoms with E-state index in [9.17, 15) is 9.90 Å². The average Bonchev–Trinajstić information content (AvgIpc) is 2.91. The highest BCUT2D eigenvalue weighted by Crippen LogP contribution is 2.51. The van der Waals surface area contributed by atoms with Crippen molar-refractivity contribution in [3.8, 4) is 0 Å². The molecule has 0 amide bonds. The maximum atomic E-state index is 11.6. The summed E-state index contributed by atoms with van der Waals surface area (Å²) in [6, 6.07) is 13.2. The van der Waals surface area contributed by atoms with Gasteiger partial charge in [0.1, 0.15) is 0 Å². The summed E-state index contributed by atoms with van der Waals surface area (Å²) in [5.41, 5.74) is 4.25. The molecule has 1 fully saturated rings. The molecule has 1 heterocycles. The summed E-state index contributed by atoms with van der Waals surface area (Å²) in [6.07, 6.45) is 4.88. The second-order valence-electron chi connectivity index (χ2n) is 6.62. The van der Waals surface area contributed by atoms with Gasteiger partial charge < -0.3 is 5.11 Å². The van der Waals surface area contributed by atoms with Gasteiger partial charge in [-0.1, -0.05) is 48.4 Å². The number of carboxylic acids is 1. The smallest absolute Gasteiger partial charge is 0.335 e. The molecule has 0 bridgehead atoms. The number of fused-ring (bicyclic) bond motifs is 3. The van der Waals surface area contributed by atoms with E-state index in [4.69, 9.17) is 16.6 Å². The molecule has 122 valence electrons. The number of carboxylic acid groups (broad SMARTS) is 1. The predicted molar refractivity (Wildman–Crippen MR) is 95.8 cm³/mol. The van der Waals surface area contributed by atoms with Crippen LogP contribution in [0, 0.1) is 0 Å². The Morgan fingerprint density at radius 2 is 2.00 bits per heavy atom. The monoisotopic (exact) mass is 339 g/mol. The van der Waals surface area contributed by atoms with E-state index in [0.717, 1.165) is 48.2 Å². The van der Waals surface area contributed by atoms with Crippen LogP contribution in [0.4, 0.5) is 5.69 Å². The quantitative estimate of drug-likeness (QED) is 0.837. The van der Waals surface area contributed by atoms with Gasteiger partial charge in [-0.3, -0.25) is 4.99 Å². The summed E-state index contributed by atoms with van der Waals surface area (Å²) < 4.78 is 0. The fraction of sp³-hybridized carbons (Fsp3) is 0.300. The topological polar surface area (TPSA) is 49.7 Å². The molecule has 0 saturated heterocycles. The number of aromatic carboxylic acids is 1. The van der Waals surface area contributed by atoms with Crippen molar-refractivity contribution in [1.29, 1.82) is 0 Å². The van der Waals surface area contributed by atoms with Crippen molar-refractivity contribution in [2.75, 3.05) is 0 Å². The molecule has 1 N–H and O–H groups in total. The molecule has 1 aliphatic heterocycles. The number of carbonyl (C=O) groups is 1. The van der Waals surface area contributed by atoms with Gasteiger partial charge in [0, 0.05) is 11.1 Å². The minimum Gasteiger partial charge on any atom is -0.478 e. The Hall–Kier alpha value is -2.13. The molecular formula is C20H18ClNO2. The number of aliphatic imine (C=N–C) groups is 1. The normalized spacial score (nSPS) is 21.8. The Balaban J connectivity index is 1.86. The third-order valence-corrected chi connectivity index (χ3v) is 5.61. The Morgan fingerprint density at radius 3 is 2.83 bits per heavy atom. The van der Waals surface area contributed by atoms with E-state index in [1.54, 1.807) is 12.1 Å². The van der Waals surface area contributed by atoms with Crippen LogP contribution < -0.4 is 0 Å². The van der Waals surface area contributed by atoms with E-state index in [-0.39, 0.29) is 5.41 Å². The van der Waals surface area contributed by atoms with Crippen LogP contribution in [0.3, 0.4) is 0 Å². The lowest BCUT2D eigenvalue weighted by molar-refractivity contribution is 0.0695. The van der Waals surface area contributed by atoms with Crippen molar-refractivity contribution < 1.29 is 9.90 Å². The van der Waals surface area contributed by atoms with E-state index in [1.165, 1.54) is 0 Å². The zero-order chi connectivity index (χ0) is 16.7. The zero-order valence-electron chi connectivity index (χ0n) is 13.3. The lowest BCUT2D eigenvalue weighted by Gasteiger charge is -2.36. The van der Waals surface area contributed by atoms with Crippen LogP contribution in [-0.4, -0.2) is 16.8 Å². The van der Waals surface area contributed by atoms with Crippen molar-refractivity contribution in [2.45, 2.75) is 37.5 Å². The molecule has 4 rings (SSSR count). The van der Waals surface area contributed by atoms with Gasteiger partial charge in [-0.25, -0.2) is 4.79 Å². The number of halogens is 1. The van der Waals surface area contributed by atoms with Gasteiger partial charge in [-0.05, 0) is 48.9 Å². The van der Waals surface area contributed by atoms with Gasteiger partial charge in [-0.15, -0.1) is 0 Å². The van der Waals surface area contributed by atoms with Crippen molar-refractivity contribution in [2.24, 2.45) is 4.99 Å². The van der Waals surface area contributed by atoms with Crippen LogP contribution in [-0.2, 0) is 11.8 Å². The molecule has 1 aliphatic carbocycles. The van der Waals surface area contributed by atoms with Crippen LogP contribution in [0.15, 0.2) is 47.5 Å². The summed E-state index contributed by atoms with van der Waals surface area (Å²) in [6.45, 7) is 0. The maximum absolute atomic E-state index is 11.6. The van der Waals surface area contributed by atoms with Gasteiger partial charge in [-0.2, -0.15) is 0 Å². The van der Waals surface area contributed by atoms with E-state index in [0.29, 0.717) is 17.0 Å². The highest BCUT2D eigenvalue weighted by atomic mass is 35.5. The Kier molecular flexibility index (Phi) is 3.69. The van der Waals surface area contributed by atoms with Crippen LogP contribution in [0.25, 0.3) is 0 Å². The number of benzene rings is 2. The van der Waals surface area contributed by atoms with Crippen LogP contribution in [0.1, 0.15) is 47.2 Å². The molecule has 0 radical (unpaired) electrons. The molecule has 4 heteroatoms. The van der Waals surface area contributed by atoms with Crippen molar-refractivity contribution in [3.63, 3.8) is 0 Å². The summed E-state index contributed by atoms with van der Waals surface area (Å²) in [7, 11) is 0. The number of hydrogen-bond acceptors (Lipinski definition) is 2. The molecule has 1 atom stereocenters. The summed E-state index contributed by atoms with van der Waals surface area (Å²) in [5, 5.41) is 10.2. The van der Waals surface area contributed by atoms with Crippen molar-refractivity contribution in [1.82, 2.24) is 0 Å². The molecule has 24 heavy (non-hydrogen) atoms. The van der Waals surface area contributed by atoms with Gasteiger partial charge in [0.05, 0.1) is 16.3 Å². The minimum atomic E-state index is -0.874. The molecule has 2 aromatic carbocycles. The van der Waals surface area contributed by atoms with Gasteiger partial charge in [0.2, 0.25) is 0 Å². The largest absolute Gasteiger partial charge is 0.478 e. The molecule has 0 spiro atoms. The lowest BCUT2D eigenvalue weighted by Crippen LogP contribution is -2.38. The first-order valence-electron chi connectivity index (χ1n) is 8.30. The summed E-state index contributed by atoms with van der Waals surface area (Å²) in [4.78, 5) is 16.5. The molecule has 1 unspecified atom stereocenters. The molecule has 0 aromatic heterocycles. The van der Waals surface area contributed by atoms with Crippen LogP contribution in [0.2, 0.25) is 5.02 Å². The number of para-hydroxylation sites is 1. The Bertz CT molecular complexity index is 858. The molecule has 1 saturated carbocycles. The van der Waals surface area contributed by atoms with Crippen LogP contribution in [0.5, 0.6) is 0 Å². The third-order valence-electron chi connectivity index (χ3n) is 5.31. The first-order valence-corrected chi connectivity index (χ1v) is 8.68. The first kappa shape index (κ1) is 15.4. The SMILES string of the molecule is O=C(O)c1ccccc1CC12CCCCC1=Nc1c(Cl)cccc12. The molecule has 2 aromatic rings. The van der Waals surface area contributed by atoms with E-state index >= 15 is 0 Å². The second-order valence-corrected chi connectivity index (χ2v) is 7.03. The second kappa shape index (κ2) is 5.75. The Morgan fingerprint density at radius 1 is 1.17 bits per heavy atom. The lowest BCUT2D eigenvalue weighted by atomic mass is 9.65. The molecule has 2 aliphatic rings. The van der Waals surface area contributed by atoms with Gasteiger partial charge >= 0.3 is 5.97 Å². The van der Waals surface area contributed by atoms with Crippen molar-refractivity contribution >= 4 is 29.0 Å². The van der Waals surface area contributed by atoms with E-state index in [1.807, 2.05) is 24.3 Å². The predicted octanol–water partition coefficient (Wildman–Crippen LogP) is 5.18. The summed E-state index contributed by atoms with van der Waals surface area (Å²) >= 11 is 6.38. The maximum Gasteiger partial charge on any atom is 0.335 e. The first-order chi connectivity index (χ1) is 11.6.